The Morgan fingerprint density at radius 2 is 2.15 bits per heavy atom. The SMILES string of the molecule is O=C([C@@H]1C[C@H]2CC[C@H]1C2)N1CCC[C@@H](n2cccn2)C1. The van der Waals surface area contributed by atoms with Gasteiger partial charge < -0.3 is 4.90 Å². The molecule has 4 atom stereocenters. The average molecular weight is 273 g/mol. The molecule has 20 heavy (non-hydrogen) atoms. The molecule has 2 bridgehead atoms. The predicted octanol–water partition coefficient (Wildman–Crippen LogP) is 2.48. The molecule has 2 heterocycles. The van der Waals surface area contributed by atoms with Gasteiger partial charge in [-0.2, -0.15) is 5.10 Å². The molecule has 0 spiro atoms. The Hall–Kier alpha value is -1.32. The van der Waals surface area contributed by atoms with Crippen molar-refractivity contribution in [3.05, 3.63) is 18.5 Å². The molecule has 4 nitrogen and oxygen atoms in total. The maximum absolute atomic E-state index is 12.8. The van der Waals surface area contributed by atoms with Gasteiger partial charge in [-0.25, -0.2) is 0 Å². The summed E-state index contributed by atoms with van der Waals surface area (Å²) in [4.78, 5) is 14.9. The quantitative estimate of drug-likeness (QED) is 0.830. The zero-order valence-corrected chi connectivity index (χ0v) is 11.9. The first-order valence-corrected chi connectivity index (χ1v) is 8.09. The van der Waals surface area contributed by atoms with Gasteiger partial charge in [-0.15, -0.1) is 0 Å². The van der Waals surface area contributed by atoms with E-state index in [0.717, 1.165) is 38.3 Å². The van der Waals surface area contributed by atoms with E-state index in [4.69, 9.17) is 0 Å². The highest BCUT2D eigenvalue weighted by atomic mass is 16.2. The van der Waals surface area contributed by atoms with E-state index in [0.29, 0.717) is 23.8 Å². The Morgan fingerprint density at radius 3 is 2.85 bits per heavy atom. The van der Waals surface area contributed by atoms with Crippen LogP contribution < -0.4 is 0 Å². The maximum Gasteiger partial charge on any atom is 0.226 e. The van der Waals surface area contributed by atoms with Crippen LogP contribution in [0.25, 0.3) is 0 Å². The van der Waals surface area contributed by atoms with E-state index in [1.54, 1.807) is 0 Å². The summed E-state index contributed by atoms with van der Waals surface area (Å²) in [6, 6.07) is 2.35. The van der Waals surface area contributed by atoms with E-state index in [1.807, 2.05) is 23.1 Å². The summed E-state index contributed by atoms with van der Waals surface area (Å²) < 4.78 is 2.03. The minimum absolute atomic E-state index is 0.338. The summed E-state index contributed by atoms with van der Waals surface area (Å²) >= 11 is 0. The van der Waals surface area contributed by atoms with Crippen molar-refractivity contribution in [2.45, 2.75) is 44.6 Å². The van der Waals surface area contributed by atoms with E-state index in [9.17, 15) is 4.79 Å². The number of likely N-dealkylation sites (tertiary alicyclic amines) is 1. The Morgan fingerprint density at radius 1 is 1.20 bits per heavy atom. The van der Waals surface area contributed by atoms with E-state index >= 15 is 0 Å². The highest BCUT2D eigenvalue weighted by molar-refractivity contribution is 5.79. The van der Waals surface area contributed by atoms with Crippen molar-refractivity contribution in [2.24, 2.45) is 17.8 Å². The van der Waals surface area contributed by atoms with E-state index in [1.165, 1.54) is 19.3 Å². The fraction of sp³-hybridized carbons (Fsp3) is 0.750. The van der Waals surface area contributed by atoms with Gasteiger partial charge >= 0.3 is 0 Å². The third-order valence-electron chi connectivity index (χ3n) is 5.66. The zero-order valence-electron chi connectivity index (χ0n) is 11.9. The normalized spacial score (nSPS) is 36.5. The van der Waals surface area contributed by atoms with Gasteiger partial charge in [-0.1, -0.05) is 6.42 Å². The van der Waals surface area contributed by atoms with Crippen LogP contribution in [0.2, 0.25) is 0 Å². The monoisotopic (exact) mass is 273 g/mol. The third kappa shape index (κ3) is 2.05. The fourth-order valence-electron chi connectivity index (χ4n) is 4.65. The minimum Gasteiger partial charge on any atom is -0.340 e. The van der Waals surface area contributed by atoms with Gasteiger partial charge in [-0.3, -0.25) is 9.48 Å². The molecule has 4 rings (SSSR count). The highest BCUT2D eigenvalue weighted by Gasteiger charge is 2.44. The van der Waals surface area contributed by atoms with Crippen molar-refractivity contribution in [3.63, 3.8) is 0 Å². The molecule has 1 aromatic heterocycles. The first-order valence-electron chi connectivity index (χ1n) is 8.09. The number of carbonyl (C=O) groups is 1. The van der Waals surface area contributed by atoms with Crippen LogP contribution in [0.1, 0.15) is 44.6 Å². The first-order chi connectivity index (χ1) is 9.81. The van der Waals surface area contributed by atoms with Crippen LogP contribution in [0.3, 0.4) is 0 Å². The largest absolute Gasteiger partial charge is 0.340 e. The molecule has 1 aliphatic heterocycles. The lowest BCUT2D eigenvalue weighted by Gasteiger charge is -2.36. The number of rotatable bonds is 2. The first kappa shape index (κ1) is 12.4. The van der Waals surface area contributed by atoms with Gasteiger partial charge in [0.25, 0.3) is 0 Å². The van der Waals surface area contributed by atoms with Gasteiger partial charge in [0.1, 0.15) is 0 Å². The molecular formula is C16H23N3O. The second-order valence-corrected chi connectivity index (χ2v) is 6.85. The second kappa shape index (κ2) is 4.90. The van der Waals surface area contributed by atoms with E-state index < -0.39 is 0 Å². The summed E-state index contributed by atoms with van der Waals surface area (Å²) in [6.07, 6.45) is 11.2. The molecule has 1 aromatic rings. The maximum atomic E-state index is 12.8. The van der Waals surface area contributed by atoms with Gasteiger partial charge in [0.05, 0.1) is 6.04 Å². The Balaban J connectivity index is 1.44. The molecule has 2 aliphatic carbocycles. The zero-order chi connectivity index (χ0) is 13.5. The molecule has 0 unspecified atom stereocenters. The summed E-state index contributed by atoms with van der Waals surface area (Å²) in [5, 5.41) is 4.35. The second-order valence-electron chi connectivity index (χ2n) is 6.85. The number of amides is 1. The number of aromatic nitrogens is 2. The van der Waals surface area contributed by atoms with Crippen LogP contribution in [-0.2, 0) is 4.79 Å². The van der Waals surface area contributed by atoms with Crippen LogP contribution in [0.4, 0.5) is 0 Å². The van der Waals surface area contributed by atoms with Gasteiger partial charge in [-0.05, 0) is 50.0 Å². The molecule has 1 amide bonds. The summed E-state index contributed by atoms with van der Waals surface area (Å²) in [5.74, 6) is 2.32. The van der Waals surface area contributed by atoms with Crippen molar-refractivity contribution < 1.29 is 4.79 Å². The van der Waals surface area contributed by atoms with Gasteiger partial charge in [0.2, 0.25) is 5.91 Å². The van der Waals surface area contributed by atoms with Crippen molar-refractivity contribution in [1.29, 1.82) is 0 Å². The Labute approximate surface area is 120 Å². The van der Waals surface area contributed by atoms with E-state index in [2.05, 4.69) is 10.00 Å². The number of fused-ring (bicyclic) bond motifs is 2. The van der Waals surface area contributed by atoms with Crippen molar-refractivity contribution in [3.8, 4) is 0 Å². The molecule has 1 saturated heterocycles. The number of hydrogen-bond donors (Lipinski definition) is 0. The van der Waals surface area contributed by atoms with Crippen LogP contribution in [0.5, 0.6) is 0 Å². The molecule has 3 aliphatic rings. The van der Waals surface area contributed by atoms with Crippen molar-refractivity contribution in [1.82, 2.24) is 14.7 Å². The smallest absolute Gasteiger partial charge is 0.226 e. The molecule has 0 aromatic carbocycles. The molecule has 4 heteroatoms. The highest BCUT2D eigenvalue weighted by Crippen LogP contribution is 2.49. The average Bonchev–Trinajstić information content (AvgIpc) is 3.23. The van der Waals surface area contributed by atoms with Crippen molar-refractivity contribution >= 4 is 5.91 Å². The van der Waals surface area contributed by atoms with Gasteiger partial charge in [0.15, 0.2) is 0 Å². The number of nitrogens with zero attached hydrogens (tertiary/aromatic N) is 3. The number of carbonyl (C=O) groups excluding carboxylic acids is 1. The molecule has 108 valence electrons. The molecule has 3 fully saturated rings. The minimum atomic E-state index is 0.338. The fourth-order valence-corrected chi connectivity index (χ4v) is 4.65. The topological polar surface area (TPSA) is 38.1 Å². The Kier molecular flexibility index (Phi) is 3.04. The van der Waals surface area contributed by atoms with Crippen molar-refractivity contribution in [2.75, 3.05) is 13.1 Å². The van der Waals surface area contributed by atoms with Crippen LogP contribution >= 0.6 is 0 Å². The summed E-state index contributed by atoms with van der Waals surface area (Å²) in [5.41, 5.74) is 0. The standard InChI is InChI=1S/C16H23N3O/c20-16(15-10-12-4-5-13(15)9-12)18-7-1-3-14(11-18)19-8-2-6-17-19/h2,6,8,12-15H,1,3-5,7,9-11H2/t12-,13-,14+,15+/m0/s1. The van der Waals surface area contributed by atoms with Crippen LogP contribution in [0.15, 0.2) is 18.5 Å². The number of piperidine rings is 1. The summed E-state index contributed by atoms with van der Waals surface area (Å²) in [7, 11) is 0. The van der Waals surface area contributed by atoms with Gasteiger partial charge in [0, 0.05) is 31.4 Å². The molecule has 0 N–H and O–H groups in total. The number of hydrogen-bond acceptors (Lipinski definition) is 2. The third-order valence-corrected chi connectivity index (χ3v) is 5.66. The Bertz CT molecular complexity index is 484. The van der Waals surface area contributed by atoms with Crippen LogP contribution in [-0.4, -0.2) is 33.7 Å². The van der Waals surface area contributed by atoms with E-state index in [-0.39, 0.29) is 0 Å². The predicted molar refractivity (Wildman–Crippen MR) is 76.0 cm³/mol. The molecular weight excluding hydrogens is 250 g/mol. The summed E-state index contributed by atoms with van der Waals surface area (Å²) in [6.45, 7) is 1.80. The lowest BCUT2D eigenvalue weighted by Crippen LogP contribution is -2.44. The molecule has 0 radical (unpaired) electrons. The lowest BCUT2D eigenvalue weighted by atomic mass is 9.87. The lowest BCUT2D eigenvalue weighted by molar-refractivity contribution is -0.139. The molecule has 2 saturated carbocycles. The van der Waals surface area contributed by atoms with Crippen LogP contribution in [0, 0.1) is 17.8 Å².